The van der Waals surface area contributed by atoms with Crippen molar-refractivity contribution in [2.24, 2.45) is 0 Å². The number of imide groups is 1. The predicted molar refractivity (Wildman–Crippen MR) is 132 cm³/mol. The van der Waals surface area contributed by atoms with E-state index in [-0.39, 0.29) is 16.4 Å². The van der Waals surface area contributed by atoms with Crippen LogP contribution in [-0.2, 0) is 11.0 Å². The first-order valence-electron chi connectivity index (χ1n) is 9.80. The number of carbonyl (C=O) groups is 2. The summed E-state index contributed by atoms with van der Waals surface area (Å²) >= 11 is 9.95. The van der Waals surface area contributed by atoms with Gasteiger partial charge in [0.2, 0.25) is 5.75 Å². The topological polar surface area (TPSA) is 89.7 Å². The number of nitro groups is 1. The fourth-order valence-corrected chi connectivity index (χ4v) is 4.69. The van der Waals surface area contributed by atoms with E-state index in [0.717, 1.165) is 22.7 Å². The Balaban J connectivity index is 1.59. The average molecular weight is 600 g/mol. The van der Waals surface area contributed by atoms with Gasteiger partial charge < -0.3 is 4.74 Å². The van der Waals surface area contributed by atoms with Gasteiger partial charge in [-0.3, -0.25) is 19.7 Å². The number of hydrogen-bond donors (Lipinski definition) is 0. The van der Waals surface area contributed by atoms with E-state index in [9.17, 15) is 32.9 Å². The van der Waals surface area contributed by atoms with E-state index in [1.54, 1.807) is 18.2 Å². The molecule has 36 heavy (non-hydrogen) atoms. The SMILES string of the molecule is O=C1S/C(=C\c2ccc(Oc3ccc(C(F)(F)F)cc3[N+](=O)[O-])c(Br)c2)C(=O)N1c1cccc(Cl)c1. The van der Waals surface area contributed by atoms with Crippen LogP contribution in [0.1, 0.15) is 11.1 Å². The third-order valence-corrected chi connectivity index (χ3v) is 6.54. The van der Waals surface area contributed by atoms with E-state index < -0.39 is 33.5 Å². The first kappa shape index (κ1) is 25.7. The molecule has 1 saturated heterocycles. The molecule has 0 bridgehead atoms. The van der Waals surface area contributed by atoms with Gasteiger partial charge >= 0.3 is 11.9 Å². The van der Waals surface area contributed by atoms with Gasteiger partial charge in [0.1, 0.15) is 5.75 Å². The van der Waals surface area contributed by atoms with Gasteiger partial charge in [0.25, 0.3) is 11.1 Å². The van der Waals surface area contributed by atoms with Gasteiger partial charge in [-0.15, -0.1) is 0 Å². The molecule has 0 aliphatic carbocycles. The maximum atomic E-state index is 12.9. The summed E-state index contributed by atoms with van der Waals surface area (Å²) in [7, 11) is 0. The lowest BCUT2D eigenvalue weighted by atomic mass is 10.1. The lowest BCUT2D eigenvalue weighted by molar-refractivity contribution is -0.385. The van der Waals surface area contributed by atoms with Crippen molar-refractivity contribution < 1.29 is 32.4 Å². The highest BCUT2D eigenvalue weighted by atomic mass is 79.9. The molecule has 13 heteroatoms. The summed E-state index contributed by atoms with van der Waals surface area (Å²) in [5, 5.41) is 11.2. The summed E-state index contributed by atoms with van der Waals surface area (Å²) in [4.78, 5) is 36.7. The first-order valence-corrected chi connectivity index (χ1v) is 11.8. The van der Waals surface area contributed by atoms with Crippen molar-refractivity contribution in [1.29, 1.82) is 0 Å². The van der Waals surface area contributed by atoms with E-state index >= 15 is 0 Å². The van der Waals surface area contributed by atoms with Crippen LogP contribution in [0.4, 0.5) is 29.3 Å². The molecule has 0 spiro atoms. The Labute approximate surface area is 218 Å². The van der Waals surface area contributed by atoms with E-state index in [2.05, 4.69) is 15.9 Å². The zero-order chi connectivity index (χ0) is 26.2. The highest BCUT2D eigenvalue weighted by Gasteiger charge is 2.36. The number of alkyl halides is 3. The maximum Gasteiger partial charge on any atom is 0.416 e. The minimum absolute atomic E-state index is 0.0852. The minimum Gasteiger partial charge on any atom is -0.449 e. The highest BCUT2D eigenvalue weighted by Crippen LogP contribution is 2.41. The van der Waals surface area contributed by atoms with Crippen molar-refractivity contribution in [2.45, 2.75) is 6.18 Å². The molecule has 0 radical (unpaired) electrons. The number of rotatable bonds is 5. The third-order valence-electron chi connectivity index (χ3n) is 4.82. The van der Waals surface area contributed by atoms with E-state index in [1.165, 1.54) is 30.3 Å². The van der Waals surface area contributed by atoms with Gasteiger partial charge in [0, 0.05) is 11.1 Å². The first-order chi connectivity index (χ1) is 16.9. The number of carbonyl (C=O) groups excluding carboxylic acids is 2. The summed E-state index contributed by atoms with van der Waals surface area (Å²) in [5.41, 5.74) is -1.21. The average Bonchev–Trinajstić information content (AvgIpc) is 3.07. The Hall–Kier alpha value is -3.35. The van der Waals surface area contributed by atoms with Crippen molar-refractivity contribution in [2.75, 3.05) is 4.90 Å². The van der Waals surface area contributed by atoms with Crippen molar-refractivity contribution in [3.63, 3.8) is 0 Å². The second-order valence-corrected chi connectivity index (χ2v) is 9.51. The molecular weight excluding hydrogens is 589 g/mol. The van der Waals surface area contributed by atoms with Crippen molar-refractivity contribution in [3.8, 4) is 11.5 Å². The minimum atomic E-state index is -4.75. The second kappa shape index (κ2) is 9.96. The van der Waals surface area contributed by atoms with Crippen molar-refractivity contribution in [3.05, 3.63) is 96.3 Å². The molecule has 0 atom stereocenters. The number of hydrogen-bond acceptors (Lipinski definition) is 6. The van der Waals surface area contributed by atoms with E-state index in [4.69, 9.17) is 16.3 Å². The molecule has 184 valence electrons. The van der Waals surface area contributed by atoms with Gasteiger partial charge in [0.15, 0.2) is 0 Å². The Morgan fingerprint density at radius 2 is 1.78 bits per heavy atom. The Kier molecular flexibility index (Phi) is 7.12. The molecule has 4 rings (SSSR count). The molecule has 1 heterocycles. The zero-order valence-electron chi connectivity index (χ0n) is 17.6. The van der Waals surface area contributed by atoms with E-state index in [1.807, 2.05) is 0 Å². The largest absolute Gasteiger partial charge is 0.449 e. The summed E-state index contributed by atoms with van der Waals surface area (Å²) in [5.74, 6) is -0.838. The number of benzene rings is 3. The summed E-state index contributed by atoms with van der Waals surface area (Å²) < 4.78 is 44.6. The van der Waals surface area contributed by atoms with Crippen LogP contribution in [0.2, 0.25) is 5.02 Å². The summed E-state index contributed by atoms with van der Waals surface area (Å²) in [6, 6.07) is 12.7. The predicted octanol–water partition coefficient (Wildman–Crippen LogP) is 8.06. The molecule has 3 aromatic rings. The smallest absolute Gasteiger partial charge is 0.416 e. The molecule has 0 unspecified atom stereocenters. The van der Waals surface area contributed by atoms with Crippen molar-refractivity contribution >= 4 is 67.9 Å². The normalized spacial score (nSPS) is 15.0. The molecule has 2 amide bonds. The van der Waals surface area contributed by atoms with E-state index in [0.29, 0.717) is 32.9 Å². The van der Waals surface area contributed by atoms with Gasteiger partial charge in [-0.25, -0.2) is 4.90 Å². The van der Waals surface area contributed by atoms with Crippen LogP contribution >= 0.6 is 39.3 Å². The lowest BCUT2D eigenvalue weighted by Crippen LogP contribution is -2.27. The zero-order valence-corrected chi connectivity index (χ0v) is 20.7. The second-order valence-electron chi connectivity index (χ2n) is 7.23. The summed E-state index contributed by atoms with van der Waals surface area (Å²) in [6.07, 6.45) is -3.27. The number of halogens is 5. The quantitative estimate of drug-likeness (QED) is 0.167. The Morgan fingerprint density at radius 1 is 1.06 bits per heavy atom. The molecule has 0 N–H and O–H groups in total. The van der Waals surface area contributed by atoms with Crippen LogP contribution in [0.5, 0.6) is 11.5 Å². The monoisotopic (exact) mass is 598 g/mol. The fraction of sp³-hybridized carbons (Fsp3) is 0.0435. The molecule has 1 aliphatic heterocycles. The number of amides is 2. The van der Waals surface area contributed by atoms with Gasteiger partial charge in [-0.05, 0) is 81.8 Å². The summed E-state index contributed by atoms with van der Waals surface area (Å²) in [6.45, 7) is 0. The number of anilines is 1. The van der Waals surface area contributed by atoms with Crippen molar-refractivity contribution in [1.82, 2.24) is 0 Å². The lowest BCUT2D eigenvalue weighted by Gasteiger charge is -2.12. The third kappa shape index (κ3) is 5.40. The van der Waals surface area contributed by atoms with Gasteiger partial charge in [-0.1, -0.05) is 23.7 Å². The molecule has 7 nitrogen and oxygen atoms in total. The van der Waals surface area contributed by atoms with Crippen LogP contribution in [-0.4, -0.2) is 16.1 Å². The Bertz CT molecular complexity index is 1450. The van der Waals surface area contributed by atoms with Crippen LogP contribution in [0, 0.1) is 10.1 Å². The van der Waals surface area contributed by atoms with Crippen LogP contribution < -0.4 is 9.64 Å². The Morgan fingerprint density at radius 3 is 2.42 bits per heavy atom. The fourth-order valence-electron chi connectivity index (χ4n) is 3.19. The number of thioether (sulfide) groups is 1. The number of nitrogens with zero attached hydrogens (tertiary/aromatic N) is 2. The standard InChI is InChI=1S/C23H11BrClF3N2O5S/c24-16-8-12(9-20-21(31)29(22(32)36-20)15-3-1-2-14(25)11-15)4-6-18(16)35-19-7-5-13(23(26,27)28)10-17(19)30(33)34/h1-11H/b20-9-. The molecule has 1 fully saturated rings. The number of ether oxygens (including phenoxy) is 1. The molecular formula is C23H11BrClF3N2O5S. The number of nitro benzene ring substituents is 1. The van der Waals surface area contributed by atoms with Crippen LogP contribution in [0.15, 0.2) is 70.0 Å². The molecule has 3 aromatic carbocycles. The molecule has 1 aliphatic rings. The van der Waals surface area contributed by atoms with Crippen LogP contribution in [0.25, 0.3) is 6.08 Å². The molecule has 0 aromatic heterocycles. The van der Waals surface area contributed by atoms with Crippen LogP contribution in [0.3, 0.4) is 0 Å². The van der Waals surface area contributed by atoms with Gasteiger partial charge in [-0.2, -0.15) is 13.2 Å². The highest BCUT2D eigenvalue weighted by molar-refractivity contribution is 9.10. The van der Waals surface area contributed by atoms with Gasteiger partial charge in [0.05, 0.1) is 25.6 Å². The maximum absolute atomic E-state index is 12.9. The molecule has 0 saturated carbocycles.